The van der Waals surface area contributed by atoms with Crippen LogP contribution in [-0.4, -0.2) is 40.8 Å². The van der Waals surface area contributed by atoms with Crippen molar-refractivity contribution in [3.63, 3.8) is 0 Å². The smallest absolute Gasteiger partial charge is 0.142 e. The van der Waals surface area contributed by atoms with Crippen LogP contribution in [0.5, 0.6) is 0 Å². The zero-order valence-electron chi connectivity index (χ0n) is 12.2. The number of hydrogen-bond acceptors (Lipinski definition) is 3. The first-order valence-corrected chi connectivity index (χ1v) is 8.36. The van der Waals surface area contributed by atoms with Crippen LogP contribution in [0.1, 0.15) is 47.0 Å². The number of nitrogens with zero attached hydrogens (tertiary/aromatic N) is 1. The molecule has 2 nitrogen and oxygen atoms in total. The Labute approximate surface area is 116 Å². The number of hydrogen-bond donors (Lipinski definition) is 0. The Bertz CT molecular complexity index is 316. The minimum atomic E-state index is -0.0810. The summed E-state index contributed by atoms with van der Waals surface area (Å²) < 4.78 is 0. The van der Waals surface area contributed by atoms with Crippen molar-refractivity contribution in [2.75, 3.05) is 18.8 Å². The molecule has 1 aliphatic carbocycles. The van der Waals surface area contributed by atoms with Crippen LogP contribution in [0.2, 0.25) is 0 Å². The lowest BCUT2D eigenvalue weighted by Crippen LogP contribution is -2.49. The first kappa shape index (κ1) is 14.4. The SMILES string of the molecule is CC1SCCN(CC2CCCC(C)(C)C2=O)C1C. The first-order valence-electron chi connectivity index (χ1n) is 7.32. The van der Waals surface area contributed by atoms with Crippen LogP contribution >= 0.6 is 11.8 Å². The van der Waals surface area contributed by atoms with Gasteiger partial charge < -0.3 is 0 Å². The molecule has 0 radical (unpaired) electrons. The van der Waals surface area contributed by atoms with Gasteiger partial charge in [0.1, 0.15) is 5.78 Å². The maximum atomic E-state index is 12.5. The molecule has 1 aliphatic heterocycles. The molecule has 104 valence electrons. The largest absolute Gasteiger partial charge is 0.299 e. The fraction of sp³-hybridized carbons (Fsp3) is 0.933. The van der Waals surface area contributed by atoms with E-state index >= 15 is 0 Å². The Morgan fingerprint density at radius 1 is 1.39 bits per heavy atom. The molecule has 2 fully saturated rings. The lowest BCUT2D eigenvalue weighted by atomic mass is 9.71. The molecule has 0 aromatic rings. The minimum Gasteiger partial charge on any atom is -0.299 e. The van der Waals surface area contributed by atoms with E-state index in [0.717, 1.165) is 25.9 Å². The molecule has 0 aromatic carbocycles. The van der Waals surface area contributed by atoms with Gasteiger partial charge in [-0.3, -0.25) is 9.69 Å². The standard InChI is InChI=1S/C15H27NOS/c1-11-12(2)18-9-8-16(11)10-13-6-5-7-15(3,4)14(13)17/h11-13H,5-10H2,1-4H3. The van der Waals surface area contributed by atoms with Gasteiger partial charge in [0.05, 0.1) is 0 Å². The number of ketones is 1. The van der Waals surface area contributed by atoms with Crippen molar-refractivity contribution in [1.82, 2.24) is 4.90 Å². The van der Waals surface area contributed by atoms with Crippen molar-refractivity contribution in [2.24, 2.45) is 11.3 Å². The molecule has 3 unspecified atom stereocenters. The molecule has 18 heavy (non-hydrogen) atoms. The van der Waals surface area contributed by atoms with Gasteiger partial charge in [0.25, 0.3) is 0 Å². The molecule has 2 rings (SSSR count). The van der Waals surface area contributed by atoms with Gasteiger partial charge in [0.2, 0.25) is 0 Å². The molecular weight excluding hydrogens is 242 g/mol. The summed E-state index contributed by atoms with van der Waals surface area (Å²) in [6.45, 7) is 11.0. The Balaban J connectivity index is 1.98. The second kappa shape index (κ2) is 5.54. The van der Waals surface area contributed by atoms with Crippen LogP contribution in [0, 0.1) is 11.3 Å². The third kappa shape index (κ3) is 2.93. The molecule has 0 bridgehead atoms. The fourth-order valence-corrected chi connectivity index (χ4v) is 4.47. The van der Waals surface area contributed by atoms with Crippen molar-refractivity contribution in [2.45, 2.75) is 58.2 Å². The highest BCUT2D eigenvalue weighted by molar-refractivity contribution is 8.00. The number of Topliss-reactive ketones (excluding diaryl/α,β-unsaturated/α-hetero) is 1. The summed E-state index contributed by atoms with van der Waals surface area (Å²) in [7, 11) is 0. The van der Waals surface area contributed by atoms with Crippen LogP contribution in [0.25, 0.3) is 0 Å². The highest BCUT2D eigenvalue weighted by Crippen LogP contribution is 2.36. The van der Waals surface area contributed by atoms with Crippen LogP contribution in [0.4, 0.5) is 0 Å². The van der Waals surface area contributed by atoms with E-state index in [-0.39, 0.29) is 11.3 Å². The molecule has 1 saturated carbocycles. The number of carbonyl (C=O) groups is 1. The average Bonchev–Trinajstić information content (AvgIpc) is 2.31. The average molecular weight is 269 g/mol. The first-order chi connectivity index (χ1) is 8.42. The predicted molar refractivity (Wildman–Crippen MR) is 79.1 cm³/mol. The third-order valence-electron chi connectivity index (χ3n) is 4.86. The zero-order valence-corrected chi connectivity index (χ0v) is 13.1. The molecule has 0 spiro atoms. The number of carbonyl (C=O) groups excluding carboxylic acids is 1. The van der Waals surface area contributed by atoms with E-state index in [1.165, 1.54) is 12.2 Å². The second-order valence-electron chi connectivity index (χ2n) is 6.65. The summed E-state index contributed by atoms with van der Waals surface area (Å²) in [5, 5.41) is 0.699. The van der Waals surface area contributed by atoms with Crippen molar-refractivity contribution < 1.29 is 4.79 Å². The van der Waals surface area contributed by atoms with E-state index in [4.69, 9.17) is 0 Å². The molecule has 3 atom stereocenters. The van der Waals surface area contributed by atoms with Crippen LogP contribution in [-0.2, 0) is 4.79 Å². The minimum absolute atomic E-state index is 0.0810. The van der Waals surface area contributed by atoms with Gasteiger partial charge in [0.15, 0.2) is 0 Å². The topological polar surface area (TPSA) is 20.3 Å². The fourth-order valence-electron chi connectivity index (χ4n) is 3.31. The summed E-state index contributed by atoms with van der Waals surface area (Å²) in [5.74, 6) is 2.01. The summed E-state index contributed by atoms with van der Waals surface area (Å²) in [6, 6.07) is 0.613. The van der Waals surface area contributed by atoms with Gasteiger partial charge in [-0.2, -0.15) is 11.8 Å². The molecule has 1 saturated heterocycles. The molecule has 1 heterocycles. The van der Waals surface area contributed by atoms with Gasteiger partial charge in [-0.25, -0.2) is 0 Å². The Morgan fingerprint density at radius 2 is 2.11 bits per heavy atom. The maximum Gasteiger partial charge on any atom is 0.142 e. The van der Waals surface area contributed by atoms with Crippen molar-refractivity contribution in [3.8, 4) is 0 Å². The molecular formula is C15H27NOS. The quantitative estimate of drug-likeness (QED) is 0.768. The second-order valence-corrected chi connectivity index (χ2v) is 8.13. The van der Waals surface area contributed by atoms with E-state index in [1.54, 1.807) is 0 Å². The van der Waals surface area contributed by atoms with Crippen LogP contribution < -0.4 is 0 Å². The van der Waals surface area contributed by atoms with Gasteiger partial charge >= 0.3 is 0 Å². The highest BCUT2D eigenvalue weighted by atomic mass is 32.2. The highest BCUT2D eigenvalue weighted by Gasteiger charge is 2.39. The van der Waals surface area contributed by atoms with Gasteiger partial charge in [-0.05, 0) is 19.8 Å². The van der Waals surface area contributed by atoms with Crippen molar-refractivity contribution in [3.05, 3.63) is 0 Å². The van der Waals surface area contributed by atoms with Crippen molar-refractivity contribution >= 4 is 17.5 Å². The maximum absolute atomic E-state index is 12.5. The summed E-state index contributed by atoms with van der Waals surface area (Å²) >= 11 is 2.07. The number of thioether (sulfide) groups is 1. The number of rotatable bonds is 2. The van der Waals surface area contributed by atoms with Crippen LogP contribution in [0.15, 0.2) is 0 Å². The molecule has 0 amide bonds. The molecule has 3 heteroatoms. The lowest BCUT2D eigenvalue weighted by molar-refractivity contribution is -0.135. The van der Waals surface area contributed by atoms with Crippen molar-refractivity contribution in [1.29, 1.82) is 0 Å². The monoisotopic (exact) mass is 269 g/mol. The third-order valence-corrected chi connectivity index (χ3v) is 6.20. The predicted octanol–water partition coefficient (Wildman–Crippen LogP) is 3.21. The van der Waals surface area contributed by atoms with E-state index in [1.807, 2.05) is 0 Å². The summed E-state index contributed by atoms with van der Waals surface area (Å²) in [4.78, 5) is 15.0. The van der Waals surface area contributed by atoms with E-state index in [9.17, 15) is 4.79 Å². The Kier molecular flexibility index (Phi) is 4.43. The van der Waals surface area contributed by atoms with E-state index in [2.05, 4.69) is 44.4 Å². The Hall–Kier alpha value is -0.0200. The summed E-state index contributed by atoms with van der Waals surface area (Å²) in [6.07, 6.45) is 3.40. The Morgan fingerprint density at radius 3 is 2.83 bits per heavy atom. The summed E-state index contributed by atoms with van der Waals surface area (Å²) in [5.41, 5.74) is -0.0810. The molecule has 0 N–H and O–H groups in total. The van der Waals surface area contributed by atoms with E-state index < -0.39 is 0 Å². The van der Waals surface area contributed by atoms with Gasteiger partial charge in [-0.1, -0.05) is 27.2 Å². The van der Waals surface area contributed by atoms with E-state index in [0.29, 0.717) is 17.1 Å². The van der Waals surface area contributed by atoms with Gasteiger partial charge in [-0.15, -0.1) is 0 Å². The normalized spacial score (nSPS) is 37.8. The molecule has 2 aliphatic rings. The van der Waals surface area contributed by atoms with Crippen LogP contribution in [0.3, 0.4) is 0 Å². The van der Waals surface area contributed by atoms with Gasteiger partial charge in [0, 0.05) is 41.5 Å². The zero-order chi connectivity index (χ0) is 13.3. The lowest BCUT2D eigenvalue weighted by Gasteiger charge is -2.41. The molecule has 0 aromatic heterocycles.